The van der Waals surface area contributed by atoms with Crippen molar-refractivity contribution in [1.82, 2.24) is 4.98 Å². The van der Waals surface area contributed by atoms with Gasteiger partial charge in [-0.1, -0.05) is 0 Å². The third-order valence-corrected chi connectivity index (χ3v) is 6.13. The summed E-state index contributed by atoms with van der Waals surface area (Å²) in [4.78, 5) is 16.1. The number of aromatic nitrogens is 1. The highest BCUT2D eigenvalue weighted by Gasteiger charge is 2.34. The van der Waals surface area contributed by atoms with E-state index in [0.717, 1.165) is 11.6 Å². The largest absolute Gasteiger partial charge is 0.488 e. The minimum atomic E-state index is -4.64. The molecule has 0 radical (unpaired) electrons. The maximum absolute atomic E-state index is 12.8. The summed E-state index contributed by atoms with van der Waals surface area (Å²) in [5, 5.41) is 12.1. The summed E-state index contributed by atoms with van der Waals surface area (Å²) in [6, 6.07) is 9.66. The highest BCUT2D eigenvalue weighted by Crippen LogP contribution is 2.33. The van der Waals surface area contributed by atoms with Crippen molar-refractivity contribution in [3.05, 3.63) is 59.1 Å². The van der Waals surface area contributed by atoms with Crippen molar-refractivity contribution in [1.29, 1.82) is 0 Å². The first-order valence-electron chi connectivity index (χ1n) is 9.60. The molecule has 182 valence electrons. The van der Waals surface area contributed by atoms with Crippen LogP contribution in [0.3, 0.4) is 0 Å². The van der Waals surface area contributed by atoms with Crippen molar-refractivity contribution >= 4 is 32.2 Å². The summed E-state index contributed by atoms with van der Waals surface area (Å²) in [5.41, 5.74) is -1.13. The number of hydrogen-bond donors (Lipinski definition) is 2. The Morgan fingerprint density at radius 2 is 1.79 bits per heavy atom. The summed E-state index contributed by atoms with van der Waals surface area (Å²) in [5.74, 6) is -0.203. The first-order valence-corrected chi connectivity index (χ1v) is 12.4. The first-order chi connectivity index (χ1) is 15.8. The van der Waals surface area contributed by atoms with Crippen LogP contribution in [-0.2, 0) is 16.0 Å². The van der Waals surface area contributed by atoms with Gasteiger partial charge in [0.15, 0.2) is 20.7 Å². The molecule has 0 saturated carbocycles. The fourth-order valence-corrected chi connectivity index (χ4v) is 3.96. The van der Waals surface area contributed by atoms with Gasteiger partial charge in [-0.05, 0) is 43.3 Å². The van der Waals surface area contributed by atoms with E-state index in [4.69, 9.17) is 9.47 Å². The van der Waals surface area contributed by atoms with Gasteiger partial charge in [0.05, 0.1) is 11.5 Å². The van der Waals surface area contributed by atoms with Crippen LogP contribution in [-0.4, -0.2) is 43.4 Å². The highest BCUT2D eigenvalue weighted by molar-refractivity contribution is 7.90. The Morgan fingerprint density at radius 1 is 1.15 bits per heavy atom. The average Bonchev–Trinajstić information content (AvgIpc) is 3.22. The monoisotopic (exact) mass is 516 g/mol. The number of alkyl halides is 3. The Hall–Kier alpha value is -3.16. The molecule has 1 amide bonds. The van der Waals surface area contributed by atoms with E-state index in [0.29, 0.717) is 11.3 Å². The van der Waals surface area contributed by atoms with Crippen molar-refractivity contribution in [3.8, 4) is 17.2 Å². The SMILES string of the molecule is C[C@@H](CO)Oc1cc(Oc2ccc(S(C)(=O)=O)cc2)cc(C(=O)Nc2nc(C(F)(F)F)cs2)c1. The quantitative estimate of drug-likeness (QED) is 0.457. The van der Waals surface area contributed by atoms with Crippen molar-refractivity contribution in [2.24, 2.45) is 0 Å². The van der Waals surface area contributed by atoms with Gasteiger partial charge in [-0.2, -0.15) is 13.2 Å². The normalized spacial score (nSPS) is 12.8. The molecule has 1 aromatic heterocycles. The number of rotatable bonds is 8. The van der Waals surface area contributed by atoms with E-state index >= 15 is 0 Å². The second-order valence-electron chi connectivity index (χ2n) is 7.14. The fraction of sp³-hybridized carbons (Fsp3) is 0.238. The van der Waals surface area contributed by atoms with Crippen LogP contribution in [0.4, 0.5) is 18.3 Å². The second kappa shape index (κ2) is 9.99. The van der Waals surface area contributed by atoms with E-state index in [1.807, 2.05) is 0 Å². The molecular weight excluding hydrogens is 497 g/mol. The molecule has 0 fully saturated rings. The average molecular weight is 517 g/mol. The maximum atomic E-state index is 12.8. The van der Waals surface area contributed by atoms with E-state index in [1.54, 1.807) is 6.92 Å². The number of aliphatic hydroxyl groups is 1. The smallest absolute Gasteiger partial charge is 0.434 e. The van der Waals surface area contributed by atoms with E-state index in [1.165, 1.54) is 42.5 Å². The number of nitrogens with one attached hydrogen (secondary N) is 1. The molecule has 0 saturated heterocycles. The van der Waals surface area contributed by atoms with Crippen LogP contribution in [0.5, 0.6) is 17.2 Å². The Labute approximate surface area is 196 Å². The molecule has 2 aromatic carbocycles. The molecule has 2 N–H and O–H groups in total. The summed E-state index contributed by atoms with van der Waals surface area (Å²) in [7, 11) is -3.40. The van der Waals surface area contributed by atoms with Crippen LogP contribution in [0.2, 0.25) is 0 Å². The minimum Gasteiger partial charge on any atom is -0.488 e. The number of aliphatic hydroxyl groups excluding tert-OH is 1. The topological polar surface area (TPSA) is 115 Å². The van der Waals surface area contributed by atoms with Gasteiger partial charge in [0.25, 0.3) is 5.91 Å². The zero-order valence-electron chi connectivity index (χ0n) is 17.8. The third-order valence-electron chi connectivity index (χ3n) is 4.24. The molecule has 0 aliphatic heterocycles. The molecule has 0 aliphatic carbocycles. The molecule has 0 spiro atoms. The van der Waals surface area contributed by atoms with Gasteiger partial charge in [-0.25, -0.2) is 13.4 Å². The first kappa shape index (κ1) is 25.5. The van der Waals surface area contributed by atoms with E-state index < -0.39 is 33.7 Å². The van der Waals surface area contributed by atoms with E-state index in [9.17, 15) is 31.5 Å². The van der Waals surface area contributed by atoms with Crippen LogP contribution in [0.15, 0.2) is 52.7 Å². The highest BCUT2D eigenvalue weighted by atomic mass is 32.2. The molecule has 0 aliphatic rings. The summed E-state index contributed by atoms with van der Waals surface area (Å²) in [6.07, 6.45) is -4.19. The number of carbonyl (C=O) groups excluding carboxylic acids is 1. The van der Waals surface area contributed by atoms with Crippen LogP contribution in [0.25, 0.3) is 0 Å². The zero-order valence-corrected chi connectivity index (χ0v) is 19.4. The Morgan fingerprint density at radius 3 is 2.35 bits per heavy atom. The maximum Gasteiger partial charge on any atom is 0.434 e. The number of amides is 1. The molecular formula is C21H19F3N2O6S2. The molecule has 0 bridgehead atoms. The lowest BCUT2D eigenvalue weighted by Crippen LogP contribution is -2.17. The predicted octanol–water partition coefficient (Wildman–Crippen LogP) is 4.37. The predicted molar refractivity (Wildman–Crippen MR) is 118 cm³/mol. The number of ether oxygens (including phenoxy) is 2. The van der Waals surface area contributed by atoms with Crippen LogP contribution >= 0.6 is 11.3 Å². The lowest BCUT2D eigenvalue weighted by molar-refractivity contribution is -0.140. The van der Waals surface area contributed by atoms with Gasteiger partial charge in [-0.3, -0.25) is 10.1 Å². The lowest BCUT2D eigenvalue weighted by atomic mass is 10.2. The van der Waals surface area contributed by atoms with Gasteiger partial charge in [0.2, 0.25) is 0 Å². The van der Waals surface area contributed by atoms with E-state index in [2.05, 4.69) is 10.3 Å². The van der Waals surface area contributed by atoms with Crippen LogP contribution in [0.1, 0.15) is 23.0 Å². The Bertz CT molecular complexity index is 1270. The number of carbonyl (C=O) groups is 1. The number of benzene rings is 2. The molecule has 1 heterocycles. The van der Waals surface area contributed by atoms with Crippen molar-refractivity contribution in [3.63, 3.8) is 0 Å². The molecule has 34 heavy (non-hydrogen) atoms. The van der Waals surface area contributed by atoms with Crippen LogP contribution in [0, 0.1) is 0 Å². The number of hydrogen-bond acceptors (Lipinski definition) is 8. The molecule has 0 unspecified atom stereocenters. The zero-order chi connectivity index (χ0) is 25.1. The standard InChI is InChI=1S/C21H19F3N2O6S2/c1-12(10-27)31-15-7-13(19(28)26-20-25-18(11-33-20)21(22,23)24)8-16(9-15)32-14-3-5-17(6-4-14)34(2,29)30/h3-9,11-12,27H,10H2,1-2H3,(H,25,26,28)/t12-/m0/s1. The minimum absolute atomic E-state index is 0.00541. The number of sulfone groups is 1. The van der Waals surface area contributed by atoms with E-state index in [-0.39, 0.29) is 39.4 Å². The fourth-order valence-electron chi connectivity index (χ4n) is 2.62. The summed E-state index contributed by atoms with van der Waals surface area (Å²) in [6.45, 7) is 1.28. The van der Waals surface area contributed by atoms with Crippen molar-refractivity contribution < 1.29 is 41.0 Å². The van der Waals surface area contributed by atoms with Gasteiger partial charge < -0.3 is 14.6 Å². The van der Waals surface area contributed by atoms with Crippen molar-refractivity contribution in [2.45, 2.75) is 24.1 Å². The molecule has 1 atom stereocenters. The molecule has 13 heteroatoms. The Balaban J connectivity index is 1.87. The third kappa shape index (κ3) is 6.68. The number of halogens is 3. The number of thiazole rings is 1. The van der Waals surface area contributed by atoms with Crippen molar-refractivity contribution in [2.75, 3.05) is 18.2 Å². The van der Waals surface area contributed by atoms with Crippen LogP contribution < -0.4 is 14.8 Å². The molecule has 3 aromatic rings. The molecule has 3 rings (SSSR count). The second-order valence-corrected chi connectivity index (χ2v) is 10.0. The van der Waals surface area contributed by atoms with Gasteiger partial charge in [0, 0.05) is 23.3 Å². The number of nitrogens with zero attached hydrogens (tertiary/aromatic N) is 1. The van der Waals surface area contributed by atoms with Gasteiger partial charge in [-0.15, -0.1) is 11.3 Å². The summed E-state index contributed by atoms with van der Waals surface area (Å²) < 4.78 is 72.8. The molecule has 8 nitrogen and oxygen atoms in total. The Kier molecular flexibility index (Phi) is 7.48. The summed E-state index contributed by atoms with van der Waals surface area (Å²) >= 11 is 0.620. The number of anilines is 1. The lowest BCUT2D eigenvalue weighted by Gasteiger charge is -2.15. The van der Waals surface area contributed by atoms with Gasteiger partial charge in [0.1, 0.15) is 23.4 Å². The van der Waals surface area contributed by atoms with Gasteiger partial charge >= 0.3 is 6.18 Å².